The third-order valence-electron chi connectivity index (χ3n) is 2.36. The quantitative estimate of drug-likeness (QED) is 0.897. The number of nitrogens with zero attached hydrogens (tertiary/aromatic N) is 2. The van der Waals surface area contributed by atoms with Crippen LogP contribution in [0, 0.1) is 11.3 Å². The number of aromatic nitrogens is 1. The first-order valence-corrected chi connectivity index (χ1v) is 5.64. The molecule has 0 aliphatic heterocycles. The van der Waals surface area contributed by atoms with Gasteiger partial charge in [-0.25, -0.2) is 9.78 Å². The molecule has 94 valence electrons. The van der Waals surface area contributed by atoms with Crippen molar-refractivity contribution in [2.45, 2.75) is 0 Å². The Morgan fingerprint density at radius 3 is 2.74 bits per heavy atom. The Morgan fingerprint density at radius 2 is 2.16 bits per heavy atom. The van der Waals surface area contributed by atoms with Crippen molar-refractivity contribution in [3.63, 3.8) is 0 Å². The summed E-state index contributed by atoms with van der Waals surface area (Å²) in [6.45, 7) is 0. The van der Waals surface area contributed by atoms with E-state index in [1.807, 2.05) is 6.07 Å². The predicted octanol–water partition coefficient (Wildman–Crippen LogP) is 3.05. The van der Waals surface area contributed by atoms with Gasteiger partial charge in [0.25, 0.3) is 0 Å². The highest BCUT2D eigenvalue weighted by atomic mass is 35.5. The molecule has 1 aromatic heterocycles. The fraction of sp³-hybridized carbons (Fsp3) is 0. The average Bonchev–Trinajstić information content (AvgIpc) is 2.41. The van der Waals surface area contributed by atoms with Crippen molar-refractivity contribution in [1.82, 2.24) is 4.98 Å². The summed E-state index contributed by atoms with van der Waals surface area (Å²) in [4.78, 5) is 15.0. The molecule has 0 unspecified atom stereocenters. The van der Waals surface area contributed by atoms with E-state index in [1.165, 1.54) is 18.3 Å². The van der Waals surface area contributed by atoms with Crippen LogP contribution >= 0.6 is 11.6 Å². The van der Waals surface area contributed by atoms with Crippen molar-refractivity contribution in [3.05, 3.63) is 52.7 Å². The van der Waals surface area contributed by atoms with Gasteiger partial charge in [0, 0.05) is 11.9 Å². The second-order valence-electron chi connectivity index (χ2n) is 3.67. The Labute approximate surface area is 114 Å². The van der Waals surface area contributed by atoms with Crippen molar-refractivity contribution in [2.24, 2.45) is 0 Å². The van der Waals surface area contributed by atoms with Gasteiger partial charge in [0.15, 0.2) is 0 Å². The lowest BCUT2D eigenvalue weighted by Crippen LogP contribution is -2.00. The topological polar surface area (TPSA) is 86.0 Å². The number of carboxylic acid groups (broad SMARTS) is 1. The van der Waals surface area contributed by atoms with Gasteiger partial charge in [-0.15, -0.1) is 0 Å². The summed E-state index contributed by atoms with van der Waals surface area (Å²) in [5.74, 6) is -0.584. The first-order chi connectivity index (χ1) is 9.10. The van der Waals surface area contributed by atoms with Crippen molar-refractivity contribution < 1.29 is 9.90 Å². The number of nitriles is 1. The van der Waals surface area contributed by atoms with Crippen molar-refractivity contribution in [2.75, 3.05) is 5.32 Å². The van der Waals surface area contributed by atoms with Crippen LogP contribution in [0.5, 0.6) is 0 Å². The van der Waals surface area contributed by atoms with E-state index >= 15 is 0 Å². The van der Waals surface area contributed by atoms with E-state index in [-0.39, 0.29) is 10.6 Å². The van der Waals surface area contributed by atoms with Gasteiger partial charge in [-0.05, 0) is 30.3 Å². The van der Waals surface area contributed by atoms with Crippen LogP contribution in [0.2, 0.25) is 5.02 Å². The molecule has 0 bridgehead atoms. The number of aromatic carboxylic acids is 1. The maximum Gasteiger partial charge on any atom is 0.337 e. The molecule has 0 saturated carbocycles. The zero-order valence-electron chi connectivity index (χ0n) is 9.59. The van der Waals surface area contributed by atoms with Crippen molar-refractivity contribution >= 4 is 29.1 Å². The standard InChI is InChI=1S/C13H8ClN3O2/c14-11-3-2-9(5-10(11)13(18)19)17-12-4-1-8(6-15)7-16-12/h1-5,7H,(H,16,17)(H,18,19). The van der Waals surface area contributed by atoms with Crippen LogP contribution in [0.4, 0.5) is 11.5 Å². The molecule has 6 heteroatoms. The zero-order valence-corrected chi connectivity index (χ0v) is 10.3. The van der Waals surface area contributed by atoms with Crippen LogP contribution in [0.15, 0.2) is 36.5 Å². The maximum atomic E-state index is 10.9. The van der Waals surface area contributed by atoms with Crippen LogP contribution < -0.4 is 5.32 Å². The zero-order chi connectivity index (χ0) is 13.8. The summed E-state index contributed by atoms with van der Waals surface area (Å²) in [5, 5.41) is 20.7. The highest BCUT2D eigenvalue weighted by molar-refractivity contribution is 6.33. The van der Waals surface area contributed by atoms with E-state index in [1.54, 1.807) is 18.2 Å². The molecule has 2 N–H and O–H groups in total. The lowest BCUT2D eigenvalue weighted by molar-refractivity contribution is 0.0697. The lowest BCUT2D eigenvalue weighted by atomic mass is 10.2. The van der Waals surface area contributed by atoms with E-state index in [9.17, 15) is 4.79 Å². The predicted molar refractivity (Wildman–Crippen MR) is 70.6 cm³/mol. The third-order valence-corrected chi connectivity index (χ3v) is 2.69. The van der Waals surface area contributed by atoms with Gasteiger partial charge in [-0.3, -0.25) is 0 Å². The molecule has 2 aromatic rings. The van der Waals surface area contributed by atoms with Crippen molar-refractivity contribution in [3.8, 4) is 6.07 Å². The molecule has 19 heavy (non-hydrogen) atoms. The van der Waals surface area contributed by atoms with Gasteiger partial charge >= 0.3 is 5.97 Å². The Kier molecular flexibility index (Phi) is 3.64. The molecule has 0 fully saturated rings. The molecule has 0 aliphatic carbocycles. The van der Waals surface area contributed by atoms with Gasteiger partial charge in [-0.1, -0.05) is 11.6 Å². The number of carbonyl (C=O) groups is 1. The monoisotopic (exact) mass is 273 g/mol. The van der Waals surface area contributed by atoms with E-state index in [0.717, 1.165) is 0 Å². The molecule has 0 aliphatic rings. The average molecular weight is 274 g/mol. The Bertz CT molecular complexity index is 663. The number of hydrogen-bond donors (Lipinski definition) is 2. The van der Waals surface area contributed by atoms with Crippen LogP contribution in [0.1, 0.15) is 15.9 Å². The van der Waals surface area contributed by atoms with Crippen LogP contribution in [-0.2, 0) is 0 Å². The highest BCUT2D eigenvalue weighted by Gasteiger charge is 2.09. The van der Waals surface area contributed by atoms with Gasteiger partial charge in [0.05, 0.1) is 16.1 Å². The third kappa shape index (κ3) is 3.00. The highest BCUT2D eigenvalue weighted by Crippen LogP contribution is 2.22. The Morgan fingerprint density at radius 1 is 1.37 bits per heavy atom. The van der Waals surface area contributed by atoms with E-state index in [4.69, 9.17) is 22.0 Å². The normalized spacial score (nSPS) is 9.68. The number of anilines is 2. The molecule has 1 heterocycles. The smallest absolute Gasteiger partial charge is 0.337 e. The molecular formula is C13H8ClN3O2. The van der Waals surface area contributed by atoms with Gasteiger partial charge in [-0.2, -0.15) is 5.26 Å². The minimum Gasteiger partial charge on any atom is -0.478 e. The SMILES string of the molecule is N#Cc1ccc(Nc2ccc(Cl)c(C(=O)O)c2)nc1. The van der Waals surface area contributed by atoms with Crippen LogP contribution in [-0.4, -0.2) is 16.1 Å². The summed E-state index contributed by atoms with van der Waals surface area (Å²) in [5.41, 5.74) is 1.02. The van der Waals surface area contributed by atoms with E-state index in [2.05, 4.69) is 10.3 Å². The molecule has 0 saturated heterocycles. The van der Waals surface area contributed by atoms with Crippen molar-refractivity contribution in [1.29, 1.82) is 5.26 Å². The number of benzene rings is 1. The molecule has 0 amide bonds. The fourth-order valence-electron chi connectivity index (χ4n) is 1.45. The summed E-state index contributed by atoms with van der Waals surface area (Å²) < 4.78 is 0. The molecule has 0 atom stereocenters. The second kappa shape index (κ2) is 5.38. The number of carboxylic acids is 1. The Balaban J connectivity index is 2.25. The number of hydrogen-bond acceptors (Lipinski definition) is 4. The number of halogens is 1. The number of pyridine rings is 1. The molecule has 1 aromatic carbocycles. The van der Waals surface area contributed by atoms with Gasteiger partial charge < -0.3 is 10.4 Å². The number of rotatable bonds is 3. The first kappa shape index (κ1) is 12.9. The molecule has 0 spiro atoms. The minimum absolute atomic E-state index is 0.0142. The van der Waals surface area contributed by atoms with E-state index in [0.29, 0.717) is 17.1 Å². The second-order valence-corrected chi connectivity index (χ2v) is 4.08. The maximum absolute atomic E-state index is 10.9. The summed E-state index contributed by atoms with van der Waals surface area (Å²) in [7, 11) is 0. The molecular weight excluding hydrogens is 266 g/mol. The lowest BCUT2D eigenvalue weighted by Gasteiger charge is -2.07. The minimum atomic E-state index is -1.10. The Hall–Kier alpha value is -2.58. The molecule has 2 rings (SSSR count). The first-order valence-electron chi connectivity index (χ1n) is 5.26. The van der Waals surface area contributed by atoms with Gasteiger partial charge in [0.2, 0.25) is 0 Å². The molecule has 5 nitrogen and oxygen atoms in total. The largest absolute Gasteiger partial charge is 0.478 e. The number of nitrogens with one attached hydrogen (secondary N) is 1. The summed E-state index contributed by atoms with van der Waals surface area (Å²) in [6.07, 6.45) is 1.43. The fourth-order valence-corrected chi connectivity index (χ4v) is 1.65. The van der Waals surface area contributed by atoms with Crippen LogP contribution in [0.25, 0.3) is 0 Å². The summed E-state index contributed by atoms with van der Waals surface area (Å²) >= 11 is 5.77. The molecule has 0 radical (unpaired) electrons. The van der Waals surface area contributed by atoms with Gasteiger partial charge in [0.1, 0.15) is 11.9 Å². The summed E-state index contributed by atoms with van der Waals surface area (Å²) in [6, 6.07) is 9.78. The van der Waals surface area contributed by atoms with Crippen LogP contribution in [0.3, 0.4) is 0 Å². The van der Waals surface area contributed by atoms with E-state index < -0.39 is 5.97 Å².